The maximum atomic E-state index is 12.6. The number of amides is 1. The lowest BCUT2D eigenvalue weighted by Gasteiger charge is -2.31. The summed E-state index contributed by atoms with van der Waals surface area (Å²) in [6.07, 6.45) is 4.82. The van der Waals surface area contributed by atoms with E-state index >= 15 is 0 Å². The van der Waals surface area contributed by atoms with Gasteiger partial charge < -0.3 is 20.1 Å². The molecule has 5 heteroatoms. The van der Waals surface area contributed by atoms with Crippen molar-refractivity contribution in [2.24, 2.45) is 0 Å². The van der Waals surface area contributed by atoms with Crippen LogP contribution in [0.4, 0.5) is 5.69 Å². The van der Waals surface area contributed by atoms with Gasteiger partial charge in [0, 0.05) is 23.7 Å². The molecule has 1 heterocycles. The summed E-state index contributed by atoms with van der Waals surface area (Å²) in [7, 11) is 0. The molecule has 0 bridgehead atoms. The molecule has 1 unspecified atom stereocenters. The highest BCUT2D eigenvalue weighted by molar-refractivity contribution is 5.94. The average molecular weight is 366 g/mol. The predicted octanol–water partition coefficient (Wildman–Crippen LogP) is 3.84. The monoisotopic (exact) mass is 366 g/mol. The number of fused-ring (bicyclic) bond motifs is 1. The molecule has 2 aromatic rings. The van der Waals surface area contributed by atoms with Gasteiger partial charge in [-0.15, -0.1) is 0 Å². The number of hydrogen-bond donors (Lipinski definition) is 2. The fraction of sp³-hybridized carbons (Fsp3) is 0.409. The summed E-state index contributed by atoms with van der Waals surface area (Å²) in [4.78, 5) is 12.6. The molecule has 27 heavy (non-hydrogen) atoms. The minimum Gasteiger partial charge on any atom is -0.454 e. The van der Waals surface area contributed by atoms with Gasteiger partial charge in [0.1, 0.15) is 0 Å². The fourth-order valence-corrected chi connectivity index (χ4v) is 4.08. The van der Waals surface area contributed by atoms with E-state index in [1.54, 1.807) is 6.07 Å². The van der Waals surface area contributed by atoms with Crippen molar-refractivity contribution in [3.8, 4) is 11.5 Å². The first-order valence-electron chi connectivity index (χ1n) is 9.66. The first-order chi connectivity index (χ1) is 13.2. The van der Waals surface area contributed by atoms with Gasteiger partial charge in [-0.25, -0.2) is 0 Å². The second-order valence-electron chi connectivity index (χ2n) is 7.51. The SMILES string of the molecule is CC(NCC1(c2ccccc2)CCCC1)C(=O)Nc1ccc2c(c1)OCO2. The largest absolute Gasteiger partial charge is 0.454 e. The van der Waals surface area contributed by atoms with E-state index in [1.807, 2.05) is 19.1 Å². The summed E-state index contributed by atoms with van der Waals surface area (Å²) in [6, 6.07) is 15.9. The van der Waals surface area contributed by atoms with Crippen molar-refractivity contribution in [2.45, 2.75) is 44.1 Å². The minimum atomic E-state index is -0.281. The van der Waals surface area contributed by atoms with E-state index in [1.165, 1.54) is 31.2 Å². The molecule has 1 fully saturated rings. The van der Waals surface area contributed by atoms with Crippen molar-refractivity contribution < 1.29 is 14.3 Å². The minimum absolute atomic E-state index is 0.0462. The highest BCUT2D eigenvalue weighted by atomic mass is 16.7. The summed E-state index contributed by atoms with van der Waals surface area (Å²) in [5.74, 6) is 1.34. The number of rotatable bonds is 6. The van der Waals surface area contributed by atoms with Crippen LogP contribution in [0.1, 0.15) is 38.2 Å². The van der Waals surface area contributed by atoms with Crippen LogP contribution in [0.3, 0.4) is 0 Å². The fourth-order valence-electron chi connectivity index (χ4n) is 4.08. The van der Waals surface area contributed by atoms with Gasteiger partial charge in [-0.1, -0.05) is 43.2 Å². The van der Waals surface area contributed by atoms with Crippen molar-refractivity contribution in [3.63, 3.8) is 0 Å². The second kappa shape index (κ2) is 7.61. The molecule has 0 radical (unpaired) electrons. The topological polar surface area (TPSA) is 59.6 Å². The summed E-state index contributed by atoms with van der Waals surface area (Å²) < 4.78 is 10.7. The second-order valence-corrected chi connectivity index (χ2v) is 7.51. The molecule has 2 aromatic carbocycles. The van der Waals surface area contributed by atoms with E-state index in [-0.39, 0.29) is 24.2 Å². The number of carbonyl (C=O) groups is 1. The molecular formula is C22H26N2O3. The normalized spacial score (nSPS) is 18.3. The number of carbonyl (C=O) groups excluding carboxylic acids is 1. The Morgan fingerprint density at radius 3 is 2.59 bits per heavy atom. The average Bonchev–Trinajstić information content (AvgIpc) is 3.36. The molecule has 0 saturated heterocycles. The molecule has 1 saturated carbocycles. The maximum absolute atomic E-state index is 12.6. The van der Waals surface area contributed by atoms with E-state index in [2.05, 4.69) is 41.0 Å². The summed E-state index contributed by atoms with van der Waals surface area (Å²) >= 11 is 0. The van der Waals surface area contributed by atoms with Crippen molar-refractivity contribution in [3.05, 3.63) is 54.1 Å². The molecular weight excluding hydrogens is 340 g/mol. The van der Waals surface area contributed by atoms with Gasteiger partial charge in [-0.05, 0) is 37.5 Å². The van der Waals surface area contributed by atoms with Crippen LogP contribution in [-0.4, -0.2) is 25.3 Å². The Balaban J connectivity index is 1.38. The lowest BCUT2D eigenvalue weighted by Crippen LogP contribution is -2.45. The quantitative estimate of drug-likeness (QED) is 0.815. The molecule has 2 aliphatic rings. The third kappa shape index (κ3) is 3.78. The Morgan fingerprint density at radius 1 is 1.07 bits per heavy atom. The van der Waals surface area contributed by atoms with Crippen molar-refractivity contribution in [1.82, 2.24) is 5.32 Å². The zero-order chi connectivity index (χ0) is 18.7. The van der Waals surface area contributed by atoms with Gasteiger partial charge in [0.15, 0.2) is 11.5 Å². The summed E-state index contributed by atoms with van der Waals surface area (Å²) in [5, 5.41) is 6.43. The molecule has 2 N–H and O–H groups in total. The van der Waals surface area contributed by atoms with E-state index in [4.69, 9.17) is 9.47 Å². The van der Waals surface area contributed by atoms with Crippen LogP contribution in [0.5, 0.6) is 11.5 Å². The van der Waals surface area contributed by atoms with Crippen LogP contribution < -0.4 is 20.1 Å². The zero-order valence-corrected chi connectivity index (χ0v) is 15.7. The highest BCUT2D eigenvalue weighted by Gasteiger charge is 2.35. The summed E-state index contributed by atoms with van der Waals surface area (Å²) in [6.45, 7) is 2.95. The number of anilines is 1. The van der Waals surface area contributed by atoms with Gasteiger partial charge in [-0.3, -0.25) is 4.79 Å². The van der Waals surface area contributed by atoms with E-state index < -0.39 is 0 Å². The van der Waals surface area contributed by atoms with Crippen LogP contribution >= 0.6 is 0 Å². The van der Waals surface area contributed by atoms with Crippen molar-refractivity contribution >= 4 is 11.6 Å². The Hall–Kier alpha value is -2.53. The molecule has 1 aliphatic carbocycles. The van der Waals surface area contributed by atoms with E-state index in [0.29, 0.717) is 11.5 Å². The molecule has 0 aromatic heterocycles. The van der Waals surface area contributed by atoms with E-state index in [0.717, 1.165) is 12.2 Å². The Morgan fingerprint density at radius 2 is 1.81 bits per heavy atom. The van der Waals surface area contributed by atoms with Crippen LogP contribution in [0.2, 0.25) is 0 Å². The van der Waals surface area contributed by atoms with Crippen LogP contribution in [0, 0.1) is 0 Å². The van der Waals surface area contributed by atoms with Crippen molar-refractivity contribution in [1.29, 1.82) is 0 Å². The van der Waals surface area contributed by atoms with Crippen LogP contribution in [0.15, 0.2) is 48.5 Å². The smallest absolute Gasteiger partial charge is 0.241 e. The van der Waals surface area contributed by atoms with Gasteiger partial charge in [-0.2, -0.15) is 0 Å². The molecule has 1 amide bonds. The van der Waals surface area contributed by atoms with Crippen LogP contribution in [0.25, 0.3) is 0 Å². The number of hydrogen-bond acceptors (Lipinski definition) is 4. The number of nitrogens with one attached hydrogen (secondary N) is 2. The van der Waals surface area contributed by atoms with Gasteiger partial charge in [0.2, 0.25) is 12.7 Å². The molecule has 0 spiro atoms. The molecule has 4 rings (SSSR count). The zero-order valence-electron chi connectivity index (χ0n) is 15.7. The highest BCUT2D eigenvalue weighted by Crippen LogP contribution is 2.40. The van der Waals surface area contributed by atoms with Crippen LogP contribution in [-0.2, 0) is 10.2 Å². The molecule has 142 valence electrons. The van der Waals surface area contributed by atoms with Gasteiger partial charge in [0.25, 0.3) is 0 Å². The third-order valence-electron chi connectivity index (χ3n) is 5.73. The standard InChI is InChI=1S/C22H26N2O3/c1-16(21(25)24-18-9-10-19-20(13-18)27-15-26-19)23-14-22(11-5-6-12-22)17-7-3-2-4-8-17/h2-4,7-10,13,16,23H,5-6,11-12,14-15H2,1H3,(H,24,25). The third-order valence-corrected chi connectivity index (χ3v) is 5.73. The van der Waals surface area contributed by atoms with Gasteiger partial charge in [0.05, 0.1) is 6.04 Å². The number of ether oxygens (including phenoxy) is 2. The molecule has 1 atom stereocenters. The predicted molar refractivity (Wildman–Crippen MR) is 105 cm³/mol. The molecule has 5 nitrogen and oxygen atoms in total. The van der Waals surface area contributed by atoms with E-state index in [9.17, 15) is 4.79 Å². The molecule has 1 aliphatic heterocycles. The van der Waals surface area contributed by atoms with Crippen molar-refractivity contribution in [2.75, 3.05) is 18.7 Å². The maximum Gasteiger partial charge on any atom is 0.241 e. The first-order valence-corrected chi connectivity index (χ1v) is 9.66. The lowest BCUT2D eigenvalue weighted by atomic mass is 9.78. The lowest BCUT2D eigenvalue weighted by molar-refractivity contribution is -0.117. The first kappa shape index (κ1) is 17.9. The Bertz CT molecular complexity index is 800. The van der Waals surface area contributed by atoms with Gasteiger partial charge >= 0.3 is 0 Å². The number of benzene rings is 2. The summed E-state index contributed by atoms with van der Waals surface area (Å²) in [5.41, 5.74) is 2.23. The Labute approximate surface area is 160 Å². The Kier molecular flexibility index (Phi) is 5.03.